The summed E-state index contributed by atoms with van der Waals surface area (Å²) in [5.41, 5.74) is 2.01. The van der Waals surface area contributed by atoms with Gasteiger partial charge in [0.2, 0.25) is 0 Å². The van der Waals surface area contributed by atoms with Crippen LogP contribution in [-0.2, 0) is 19.7 Å². The summed E-state index contributed by atoms with van der Waals surface area (Å²) in [6.07, 6.45) is 0.0158. The van der Waals surface area contributed by atoms with E-state index in [9.17, 15) is 14.9 Å². The molecular formula is C21H24N2O4S. The van der Waals surface area contributed by atoms with Crippen LogP contribution in [0, 0.1) is 18.3 Å². The van der Waals surface area contributed by atoms with E-state index in [1.807, 2.05) is 30.3 Å². The third-order valence-electron chi connectivity index (χ3n) is 4.01. The number of nitriles is 1. The SMILES string of the molecule is Cc1csc([C@@H](C#N)C(=O)COC(=O)CCOc2ccc(C(C)(C)C)cc2)n1. The van der Waals surface area contributed by atoms with Crippen LogP contribution in [0.25, 0.3) is 0 Å². The standard InChI is InChI=1S/C21H24N2O4S/c1-14-13-28-20(23-14)17(11-22)18(24)12-27-19(25)9-10-26-16-7-5-15(6-8-16)21(2,3)4/h5-8,13,17H,9-10,12H2,1-4H3/t17-/m0/s1. The summed E-state index contributed by atoms with van der Waals surface area (Å²) < 4.78 is 10.5. The molecule has 1 aromatic heterocycles. The van der Waals surface area contributed by atoms with Gasteiger partial charge in [0, 0.05) is 11.1 Å². The first-order valence-electron chi connectivity index (χ1n) is 8.94. The van der Waals surface area contributed by atoms with Gasteiger partial charge in [0.15, 0.2) is 18.3 Å². The van der Waals surface area contributed by atoms with E-state index < -0.39 is 24.3 Å². The van der Waals surface area contributed by atoms with Crippen molar-refractivity contribution in [2.24, 2.45) is 0 Å². The van der Waals surface area contributed by atoms with Crippen molar-refractivity contribution >= 4 is 23.1 Å². The number of ketones is 1. The lowest BCUT2D eigenvalue weighted by Crippen LogP contribution is -2.20. The number of ether oxygens (including phenoxy) is 2. The van der Waals surface area contributed by atoms with Gasteiger partial charge in [-0.25, -0.2) is 4.98 Å². The van der Waals surface area contributed by atoms with Crippen LogP contribution >= 0.6 is 11.3 Å². The number of hydrogen-bond acceptors (Lipinski definition) is 7. The largest absolute Gasteiger partial charge is 0.493 e. The highest BCUT2D eigenvalue weighted by Crippen LogP contribution is 2.24. The van der Waals surface area contributed by atoms with Gasteiger partial charge in [0.05, 0.1) is 19.1 Å². The summed E-state index contributed by atoms with van der Waals surface area (Å²) in [7, 11) is 0. The Morgan fingerprint density at radius 2 is 1.93 bits per heavy atom. The van der Waals surface area contributed by atoms with Crippen molar-refractivity contribution in [1.82, 2.24) is 4.98 Å². The van der Waals surface area contributed by atoms with Crippen molar-refractivity contribution in [2.75, 3.05) is 13.2 Å². The van der Waals surface area contributed by atoms with E-state index in [4.69, 9.17) is 9.47 Å². The highest BCUT2D eigenvalue weighted by molar-refractivity contribution is 7.09. The Bertz CT molecular complexity index is 860. The van der Waals surface area contributed by atoms with Crippen LogP contribution in [0.3, 0.4) is 0 Å². The van der Waals surface area contributed by atoms with Gasteiger partial charge in [-0.2, -0.15) is 5.26 Å². The lowest BCUT2D eigenvalue weighted by atomic mass is 9.87. The molecule has 28 heavy (non-hydrogen) atoms. The molecule has 0 bridgehead atoms. The van der Waals surface area contributed by atoms with Crippen LogP contribution in [0.4, 0.5) is 0 Å². The van der Waals surface area contributed by atoms with Gasteiger partial charge in [0.25, 0.3) is 0 Å². The maximum absolute atomic E-state index is 12.1. The van der Waals surface area contributed by atoms with E-state index in [0.717, 1.165) is 5.69 Å². The Kier molecular flexibility index (Phi) is 7.30. The molecule has 1 heterocycles. The van der Waals surface area contributed by atoms with Crippen LogP contribution < -0.4 is 4.74 Å². The third-order valence-corrected chi connectivity index (χ3v) is 5.03. The van der Waals surface area contributed by atoms with E-state index in [-0.39, 0.29) is 18.4 Å². The van der Waals surface area contributed by atoms with E-state index in [1.165, 1.54) is 16.9 Å². The van der Waals surface area contributed by atoms with Gasteiger partial charge in [-0.3, -0.25) is 9.59 Å². The summed E-state index contributed by atoms with van der Waals surface area (Å²) in [6, 6.07) is 9.63. The summed E-state index contributed by atoms with van der Waals surface area (Å²) in [5, 5.41) is 11.4. The predicted molar refractivity (Wildman–Crippen MR) is 106 cm³/mol. The number of carbonyl (C=O) groups excluding carboxylic acids is 2. The molecule has 0 aliphatic rings. The predicted octanol–water partition coefficient (Wildman–Crippen LogP) is 3.94. The maximum atomic E-state index is 12.1. The second-order valence-electron chi connectivity index (χ2n) is 7.39. The monoisotopic (exact) mass is 400 g/mol. The molecule has 1 atom stereocenters. The van der Waals surface area contributed by atoms with Gasteiger partial charge in [-0.15, -0.1) is 11.3 Å². The Balaban J connectivity index is 1.75. The third kappa shape index (κ3) is 6.17. The van der Waals surface area contributed by atoms with Crippen molar-refractivity contribution in [3.63, 3.8) is 0 Å². The average molecular weight is 401 g/mol. The van der Waals surface area contributed by atoms with Gasteiger partial charge in [-0.1, -0.05) is 32.9 Å². The van der Waals surface area contributed by atoms with Gasteiger partial charge >= 0.3 is 5.97 Å². The number of esters is 1. The fourth-order valence-corrected chi connectivity index (χ4v) is 3.24. The van der Waals surface area contributed by atoms with Crippen molar-refractivity contribution in [1.29, 1.82) is 5.26 Å². The molecule has 7 heteroatoms. The highest BCUT2D eigenvalue weighted by Gasteiger charge is 2.24. The molecule has 0 spiro atoms. The molecule has 0 aliphatic carbocycles. The molecule has 2 aromatic rings. The smallest absolute Gasteiger partial charge is 0.309 e. The van der Waals surface area contributed by atoms with Gasteiger partial charge < -0.3 is 9.47 Å². The second kappa shape index (κ2) is 9.47. The quantitative estimate of drug-likeness (QED) is 0.624. The number of rotatable bonds is 8. The maximum Gasteiger partial charge on any atom is 0.309 e. The molecular weight excluding hydrogens is 376 g/mol. The fraction of sp³-hybridized carbons (Fsp3) is 0.429. The van der Waals surface area contributed by atoms with Gasteiger partial charge in [0.1, 0.15) is 10.8 Å². The molecule has 0 amide bonds. The van der Waals surface area contributed by atoms with Crippen LogP contribution in [0.5, 0.6) is 5.75 Å². The Morgan fingerprint density at radius 1 is 1.25 bits per heavy atom. The molecule has 6 nitrogen and oxygen atoms in total. The first kappa shape index (κ1) is 21.6. The number of aryl methyl sites for hydroxylation is 1. The molecule has 0 aliphatic heterocycles. The Labute approximate surface area is 169 Å². The normalized spacial score (nSPS) is 12.1. The van der Waals surface area contributed by atoms with Gasteiger partial charge in [-0.05, 0) is 30.0 Å². The number of aromatic nitrogens is 1. The molecule has 2 rings (SSSR count). The molecule has 148 valence electrons. The number of benzene rings is 1. The molecule has 0 unspecified atom stereocenters. The van der Waals surface area contributed by atoms with Crippen LogP contribution in [0.15, 0.2) is 29.6 Å². The van der Waals surface area contributed by atoms with Crippen molar-refractivity contribution in [3.05, 3.63) is 45.9 Å². The van der Waals surface area contributed by atoms with E-state index in [1.54, 1.807) is 12.3 Å². The minimum Gasteiger partial charge on any atom is -0.493 e. The Morgan fingerprint density at radius 3 is 2.46 bits per heavy atom. The van der Waals surface area contributed by atoms with Crippen molar-refractivity contribution in [2.45, 2.75) is 45.4 Å². The zero-order chi connectivity index (χ0) is 20.7. The lowest BCUT2D eigenvalue weighted by molar-refractivity contribution is -0.148. The molecule has 0 N–H and O–H groups in total. The van der Waals surface area contributed by atoms with Crippen molar-refractivity contribution in [3.8, 4) is 11.8 Å². The first-order valence-corrected chi connectivity index (χ1v) is 9.82. The minimum absolute atomic E-state index is 0.0158. The average Bonchev–Trinajstić information content (AvgIpc) is 3.06. The summed E-state index contributed by atoms with van der Waals surface area (Å²) in [6.45, 7) is 7.88. The highest BCUT2D eigenvalue weighted by atomic mass is 32.1. The number of thiazole rings is 1. The molecule has 0 radical (unpaired) electrons. The molecule has 1 aromatic carbocycles. The number of nitrogens with zero attached hydrogens (tertiary/aromatic N) is 2. The van der Waals surface area contributed by atoms with Crippen LogP contribution in [0.1, 0.15) is 49.4 Å². The Hall–Kier alpha value is -2.72. The summed E-state index contributed by atoms with van der Waals surface area (Å²) >= 11 is 1.24. The second-order valence-corrected chi connectivity index (χ2v) is 8.28. The fourth-order valence-electron chi connectivity index (χ4n) is 2.38. The molecule has 0 saturated carbocycles. The van der Waals surface area contributed by atoms with E-state index in [2.05, 4.69) is 25.8 Å². The number of hydrogen-bond donors (Lipinski definition) is 0. The van der Waals surface area contributed by atoms with E-state index >= 15 is 0 Å². The molecule has 0 saturated heterocycles. The molecule has 0 fully saturated rings. The van der Waals surface area contributed by atoms with Crippen molar-refractivity contribution < 1.29 is 19.1 Å². The topological polar surface area (TPSA) is 89.3 Å². The zero-order valence-electron chi connectivity index (χ0n) is 16.5. The van der Waals surface area contributed by atoms with E-state index in [0.29, 0.717) is 10.8 Å². The zero-order valence-corrected chi connectivity index (χ0v) is 17.3. The van der Waals surface area contributed by atoms with Crippen LogP contribution in [-0.4, -0.2) is 30.0 Å². The number of Topliss-reactive ketones (excluding diaryl/α,β-unsaturated/α-hetero) is 1. The summed E-state index contributed by atoms with van der Waals surface area (Å²) in [5.74, 6) is -1.37. The lowest BCUT2D eigenvalue weighted by Gasteiger charge is -2.19. The first-order chi connectivity index (χ1) is 13.2. The summed E-state index contributed by atoms with van der Waals surface area (Å²) in [4.78, 5) is 28.1. The van der Waals surface area contributed by atoms with Crippen LogP contribution in [0.2, 0.25) is 0 Å². The minimum atomic E-state index is -1.01. The number of carbonyl (C=O) groups is 2.